The highest BCUT2D eigenvalue weighted by Gasteiger charge is 2.34. The highest BCUT2D eigenvalue weighted by Crippen LogP contribution is 2.32. The highest BCUT2D eigenvalue weighted by molar-refractivity contribution is 7.92. The molecule has 37 heavy (non-hydrogen) atoms. The van der Waals surface area contributed by atoms with E-state index in [9.17, 15) is 35.6 Å². The Morgan fingerprint density at radius 3 is 2.16 bits per heavy atom. The minimum absolute atomic E-state index is 0.147. The van der Waals surface area contributed by atoms with Crippen LogP contribution in [0.3, 0.4) is 0 Å². The number of alkyl halides is 3. The quantitative estimate of drug-likeness (QED) is 0.426. The third kappa shape index (κ3) is 8.44. The van der Waals surface area contributed by atoms with Gasteiger partial charge in [-0.2, -0.15) is 13.2 Å². The summed E-state index contributed by atoms with van der Waals surface area (Å²) in [5, 5.41) is 2.80. The number of benzene rings is 2. The third-order valence-corrected chi connectivity index (χ3v) is 6.93. The van der Waals surface area contributed by atoms with Crippen LogP contribution in [0.4, 0.5) is 23.2 Å². The lowest BCUT2D eigenvalue weighted by molar-refractivity contribution is -0.140. The Kier molecular flexibility index (Phi) is 10.1. The van der Waals surface area contributed by atoms with E-state index in [4.69, 9.17) is 0 Å². The SMILES string of the molecule is CC[C@@H](C)NC(=O)[C@H](CC)N(Cc1ccc(F)cc1)C(=O)CN(c1cccc(C(F)(F)F)c1)S(C)(=O)=O. The molecule has 2 aromatic rings. The number of carbonyl (C=O) groups excluding carboxylic acids is 2. The van der Waals surface area contributed by atoms with Crippen molar-refractivity contribution in [1.29, 1.82) is 0 Å². The van der Waals surface area contributed by atoms with E-state index >= 15 is 0 Å². The Hall–Kier alpha value is -3.15. The number of sulfonamides is 1. The first-order chi connectivity index (χ1) is 17.2. The van der Waals surface area contributed by atoms with Crippen molar-refractivity contribution in [2.75, 3.05) is 17.1 Å². The van der Waals surface area contributed by atoms with E-state index in [-0.39, 0.29) is 24.7 Å². The van der Waals surface area contributed by atoms with E-state index in [2.05, 4.69) is 5.32 Å². The summed E-state index contributed by atoms with van der Waals surface area (Å²) in [6.45, 7) is 4.34. The molecule has 1 N–H and O–H groups in total. The topological polar surface area (TPSA) is 86.8 Å². The molecule has 12 heteroatoms. The summed E-state index contributed by atoms with van der Waals surface area (Å²) in [6.07, 6.45) is -3.14. The maximum absolute atomic E-state index is 13.5. The monoisotopic (exact) mass is 545 g/mol. The van der Waals surface area contributed by atoms with Crippen molar-refractivity contribution in [2.24, 2.45) is 0 Å². The second-order valence-electron chi connectivity index (χ2n) is 8.71. The van der Waals surface area contributed by atoms with Crippen LogP contribution >= 0.6 is 0 Å². The molecule has 0 bridgehead atoms. The van der Waals surface area contributed by atoms with Crippen LogP contribution in [0.1, 0.15) is 44.7 Å². The molecule has 0 spiro atoms. The van der Waals surface area contributed by atoms with E-state index in [1.165, 1.54) is 24.3 Å². The zero-order valence-electron chi connectivity index (χ0n) is 21.0. The maximum atomic E-state index is 13.5. The number of hydrogen-bond acceptors (Lipinski definition) is 4. The Morgan fingerprint density at radius 1 is 1.03 bits per heavy atom. The lowest BCUT2D eigenvalue weighted by atomic mass is 10.1. The fraction of sp³-hybridized carbons (Fsp3) is 0.440. The molecule has 0 saturated heterocycles. The van der Waals surface area contributed by atoms with Crippen LogP contribution in [-0.2, 0) is 32.3 Å². The summed E-state index contributed by atoms with van der Waals surface area (Å²) >= 11 is 0. The molecule has 0 saturated carbocycles. The van der Waals surface area contributed by atoms with Crippen molar-refractivity contribution in [2.45, 2.75) is 58.4 Å². The fourth-order valence-electron chi connectivity index (χ4n) is 3.60. The number of anilines is 1. The smallest absolute Gasteiger partial charge is 0.352 e. The summed E-state index contributed by atoms with van der Waals surface area (Å²) in [5.41, 5.74) is -0.937. The average Bonchev–Trinajstić information content (AvgIpc) is 2.82. The molecule has 0 aromatic heterocycles. The van der Waals surface area contributed by atoms with Crippen LogP contribution in [0.5, 0.6) is 0 Å². The Balaban J connectivity index is 2.48. The molecule has 7 nitrogen and oxygen atoms in total. The van der Waals surface area contributed by atoms with Gasteiger partial charge in [0.05, 0.1) is 17.5 Å². The van der Waals surface area contributed by atoms with Gasteiger partial charge in [0.2, 0.25) is 21.8 Å². The first-order valence-electron chi connectivity index (χ1n) is 11.7. The predicted octanol–water partition coefficient (Wildman–Crippen LogP) is 4.33. The van der Waals surface area contributed by atoms with E-state index in [0.29, 0.717) is 22.4 Å². The van der Waals surface area contributed by atoms with E-state index < -0.39 is 52.0 Å². The van der Waals surface area contributed by atoms with Crippen LogP contribution in [0.15, 0.2) is 48.5 Å². The molecule has 2 amide bonds. The first kappa shape index (κ1) is 30.1. The molecule has 0 fully saturated rings. The number of rotatable bonds is 11. The first-order valence-corrected chi connectivity index (χ1v) is 13.5. The van der Waals surface area contributed by atoms with Gasteiger partial charge in [0, 0.05) is 12.6 Å². The highest BCUT2D eigenvalue weighted by atomic mass is 32.2. The third-order valence-electron chi connectivity index (χ3n) is 5.79. The number of halogens is 4. The number of nitrogens with one attached hydrogen (secondary N) is 1. The van der Waals surface area contributed by atoms with Gasteiger partial charge < -0.3 is 10.2 Å². The van der Waals surface area contributed by atoms with Crippen molar-refractivity contribution < 1.29 is 35.6 Å². The number of hydrogen-bond donors (Lipinski definition) is 1. The standard InChI is InChI=1S/C25H31F4N3O4S/c1-5-17(3)30-24(34)22(6-2)31(15-18-10-12-20(26)13-11-18)23(33)16-32(37(4,35)36)21-9-7-8-19(14-21)25(27,28)29/h7-14,17,22H,5-6,15-16H2,1-4H3,(H,30,34)/t17-,22+/m1/s1. The van der Waals surface area contributed by atoms with Crippen LogP contribution in [0.2, 0.25) is 0 Å². The summed E-state index contributed by atoms with van der Waals surface area (Å²) in [5.74, 6) is -1.77. The molecule has 0 heterocycles. The van der Waals surface area contributed by atoms with Gasteiger partial charge in [-0.3, -0.25) is 13.9 Å². The molecule has 2 atom stereocenters. The largest absolute Gasteiger partial charge is 0.416 e. The minimum Gasteiger partial charge on any atom is -0.352 e. The molecular weight excluding hydrogens is 514 g/mol. The van der Waals surface area contributed by atoms with Gasteiger partial charge in [0.25, 0.3) is 0 Å². The average molecular weight is 546 g/mol. The molecule has 0 aliphatic heterocycles. The number of carbonyl (C=O) groups is 2. The normalized spacial score (nSPS) is 13.5. The summed E-state index contributed by atoms with van der Waals surface area (Å²) in [4.78, 5) is 27.7. The number of nitrogens with zero attached hydrogens (tertiary/aromatic N) is 2. The summed E-state index contributed by atoms with van der Waals surface area (Å²) in [6, 6.07) is 7.66. The molecule has 0 radical (unpaired) electrons. The van der Waals surface area contributed by atoms with Crippen molar-refractivity contribution in [1.82, 2.24) is 10.2 Å². The second-order valence-corrected chi connectivity index (χ2v) is 10.6. The minimum atomic E-state index is -4.72. The lowest BCUT2D eigenvalue weighted by Gasteiger charge is -2.33. The fourth-order valence-corrected chi connectivity index (χ4v) is 4.44. The van der Waals surface area contributed by atoms with Gasteiger partial charge in [0.15, 0.2) is 0 Å². The number of amides is 2. The molecule has 0 aliphatic carbocycles. The van der Waals surface area contributed by atoms with Gasteiger partial charge in [-0.15, -0.1) is 0 Å². The van der Waals surface area contributed by atoms with Crippen LogP contribution in [-0.4, -0.2) is 50.0 Å². The molecule has 204 valence electrons. The molecule has 0 unspecified atom stereocenters. The molecule has 2 aromatic carbocycles. The Bertz CT molecular complexity index is 1190. The zero-order valence-corrected chi connectivity index (χ0v) is 21.9. The maximum Gasteiger partial charge on any atom is 0.416 e. The lowest BCUT2D eigenvalue weighted by Crippen LogP contribution is -2.53. The predicted molar refractivity (Wildman–Crippen MR) is 133 cm³/mol. The van der Waals surface area contributed by atoms with Crippen LogP contribution in [0, 0.1) is 5.82 Å². The molecular formula is C25H31F4N3O4S. The zero-order chi connectivity index (χ0) is 28.0. The summed E-state index contributed by atoms with van der Waals surface area (Å²) < 4.78 is 78.9. The van der Waals surface area contributed by atoms with Gasteiger partial charge in [0.1, 0.15) is 18.4 Å². The van der Waals surface area contributed by atoms with Crippen LogP contribution in [0.25, 0.3) is 0 Å². The van der Waals surface area contributed by atoms with Crippen molar-refractivity contribution >= 4 is 27.5 Å². The van der Waals surface area contributed by atoms with E-state index in [1.54, 1.807) is 13.8 Å². The van der Waals surface area contributed by atoms with Gasteiger partial charge in [-0.25, -0.2) is 12.8 Å². The molecule has 2 rings (SSSR count). The van der Waals surface area contributed by atoms with Crippen molar-refractivity contribution in [3.8, 4) is 0 Å². The molecule has 0 aliphatic rings. The van der Waals surface area contributed by atoms with Crippen molar-refractivity contribution in [3.63, 3.8) is 0 Å². The Morgan fingerprint density at radius 2 is 1.65 bits per heavy atom. The van der Waals surface area contributed by atoms with Gasteiger partial charge in [-0.05, 0) is 55.7 Å². The van der Waals surface area contributed by atoms with Crippen LogP contribution < -0.4 is 9.62 Å². The van der Waals surface area contributed by atoms with Gasteiger partial charge in [-0.1, -0.05) is 32.0 Å². The Labute approximate surface area is 214 Å². The van der Waals surface area contributed by atoms with E-state index in [0.717, 1.165) is 29.4 Å². The summed E-state index contributed by atoms with van der Waals surface area (Å²) in [7, 11) is -4.19. The van der Waals surface area contributed by atoms with E-state index in [1.807, 2.05) is 6.92 Å². The van der Waals surface area contributed by atoms with Crippen molar-refractivity contribution in [3.05, 3.63) is 65.5 Å². The van der Waals surface area contributed by atoms with Gasteiger partial charge >= 0.3 is 6.18 Å². The second kappa shape index (κ2) is 12.4.